The summed E-state index contributed by atoms with van der Waals surface area (Å²) in [6.45, 7) is 4.65. The van der Waals surface area contributed by atoms with Crippen LogP contribution in [0.15, 0.2) is 12.2 Å². The predicted molar refractivity (Wildman–Crippen MR) is 47.6 cm³/mol. The number of likely N-dealkylation sites (N-methyl/N-ethyl adjacent to an activating group) is 1. The second kappa shape index (κ2) is 7.30. The van der Waals surface area contributed by atoms with Gasteiger partial charge in [0, 0.05) is 25.2 Å². The molecule has 5 nitrogen and oxygen atoms in total. The van der Waals surface area contributed by atoms with Crippen molar-refractivity contribution in [2.75, 3.05) is 13.1 Å². The van der Waals surface area contributed by atoms with E-state index < -0.39 is 5.97 Å². The molecule has 0 aromatic rings. The van der Waals surface area contributed by atoms with Crippen LogP contribution >= 0.6 is 0 Å². The zero-order valence-electron chi connectivity index (χ0n) is 7.79. The van der Waals surface area contributed by atoms with Crippen LogP contribution in [0.1, 0.15) is 13.8 Å². The van der Waals surface area contributed by atoms with Crippen LogP contribution in [0, 0.1) is 0 Å². The molecular formula is C8H14N2O3. The summed E-state index contributed by atoms with van der Waals surface area (Å²) >= 11 is 0. The van der Waals surface area contributed by atoms with Gasteiger partial charge in [0.25, 0.3) is 0 Å². The molecule has 0 aliphatic carbocycles. The van der Waals surface area contributed by atoms with Gasteiger partial charge in [-0.2, -0.15) is 5.48 Å². The van der Waals surface area contributed by atoms with Crippen molar-refractivity contribution in [3.05, 3.63) is 12.2 Å². The minimum absolute atomic E-state index is 0.309. The van der Waals surface area contributed by atoms with Crippen molar-refractivity contribution in [1.82, 2.24) is 10.8 Å². The minimum Gasteiger partial charge on any atom is -0.367 e. The molecule has 0 fully saturated rings. The Hall–Kier alpha value is -1.36. The molecule has 0 spiro atoms. The molecular weight excluding hydrogens is 172 g/mol. The highest BCUT2D eigenvalue weighted by atomic mass is 16.7. The van der Waals surface area contributed by atoms with E-state index in [0.717, 1.165) is 12.2 Å². The van der Waals surface area contributed by atoms with Gasteiger partial charge in [-0.05, 0) is 13.8 Å². The second-order valence-electron chi connectivity index (χ2n) is 2.15. The lowest BCUT2D eigenvalue weighted by Gasteiger charge is -1.98. The van der Waals surface area contributed by atoms with Gasteiger partial charge in [0.15, 0.2) is 0 Å². The van der Waals surface area contributed by atoms with Gasteiger partial charge >= 0.3 is 5.97 Å². The summed E-state index contributed by atoms with van der Waals surface area (Å²) in [4.78, 5) is 26.0. The van der Waals surface area contributed by atoms with Gasteiger partial charge in [-0.15, -0.1) is 0 Å². The molecule has 0 saturated carbocycles. The Balaban J connectivity index is 3.69. The molecule has 0 atom stereocenters. The number of carbonyl (C=O) groups is 2. The first kappa shape index (κ1) is 11.6. The molecule has 0 unspecified atom stereocenters. The summed E-state index contributed by atoms with van der Waals surface area (Å²) < 4.78 is 0. The van der Waals surface area contributed by atoms with E-state index in [9.17, 15) is 9.59 Å². The SMILES string of the molecule is CCNOC(=O)/C=C\C(=O)NCC. The predicted octanol–water partition coefficient (Wildman–Crippen LogP) is -0.254. The third kappa shape index (κ3) is 7.02. The van der Waals surface area contributed by atoms with E-state index in [4.69, 9.17) is 0 Å². The Kier molecular flexibility index (Phi) is 6.53. The van der Waals surface area contributed by atoms with Crippen molar-refractivity contribution in [1.29, 1.82) is 0 Å². The Morgan fingerprint density at radius 1 is 1.23 bits per heavy atom. The number of hydrogen-bond acceptors (Lipinski definition) is 4. The molecule has 2 N–H and O–H groups in total. The van der Waals surface area contributed by atoms with Gasteiger partial charge in [-0.25, -0.2) is 4.79 Å². The smallest absolute Gasteiger partial charge is 0.349 e. The lowest BCUT2D eigenvalue weighted by Crippen LogP contribution is -2.21. The summed E-state index contributed by atoms with van der Waals surface area (Å²) in [5, 5.41) is 2.50. The number of hydrogen-bond donors (Lipinski definition) is 2. The largest absolute Gasteiger partial charge is 0.367 e. The van der Waals surface area contributed by atoms with E-state index in [0.29, 0.717) is 13.1 Å². The number of rotatable bonds is 5. The monoisotopic (exact) mass is 186 g/mol. The number of amides is 1. The molecule has 0 aliphatic heterocycles. The average molecular weight is 186 g/mol. The number of nitrogens with one attached hydrogen (secondary N) is 2. The molecule has 13 heavy (non-hydrogen) atoms. The van der Waals surface area contributed by atoms with Crippen LogP contribution < -0.4 is 10.8 Å². The molecule has 0 saturated heterocycles. The highest BCUT2D eigenvalue weighted by Crippen LogP contribution is 1.78. The van der Waals surface area contributed by atoms with Crippen molar-refractivity contribution < 1.29 is 14.4 Å². The normalized spacial score (nSPS) is 10.0. The van der Waals surface area contributed by atoms with E-state index in [1.54, 1.807) is 13.8 Å². The molecule has 0 bridgehead atoms. The maximum atomic E-state index is 10.8. The zero-order chi connectivity index (χ0) is 10.1. The summed E-state index contributed by atoms with van der Waals surface area (Å²) in [5.41, 5.74) is 2.37. The number of carbonyl (C=O) groups excluding carboxylic acids is 2. The highest BCUT2D eigenvalue weighted by Gasteiger charge is 1.97. The Bertz CT molecular complexity index is 202. The van der Waals surface area contributed by atoms with Gasteiger partial charge < -0.3 is 10.2 Å². The van der Waals surface area contributed by atoms with Crippen molar-refractivity contribution in [2.24, 2.45) is 0 Å². The maximum absolute atomic E-state index is 10.8. The molecule has 5 heteroatoms. The molecule has 0 aromatic heterocycles. The minimum atomic E-state index is -0.590. The molecule has 0 aromatic carbocycles. The van der Waals surface area contributed by atoms with Crippen LogP contribution in [0.3, 0.4) is 0 Å². The van der Waals surface area contributed by atoms with E-state index in [-0.39, 0.29) is 5.91 Å². The Labute approximate surface area is 77.1 Å². The first-order valence-corrected chi connectivity index (χ1v) is 4.10. The van der Waals surface area contributed by atoms with Gasteiger partial charge in [0.05, 0.1) is 0 Å². The molecule has 0 heterocycles. The Morgan fingerprint density at radius 3 is 2.46 bits per heavy atom. The second-order valence-corrected chi connectivity index (χ2v) is 2.15. The zero-order valence-corrected chi connectivity index (χ0v) is 7.79. The molecule has 0 rings (SSSR count). The van der Waals surface area contributed by atoms with Crippen LogP contribution in [-0.4, -0.2) is 25.0 Å². The first-order valence-electron chi connectivity index (χ1n) is 4.10. The van der Waals surface area contributed by atoms with Gasteiger partial charge in [0.1, 0.15) is 0 Å². The van der Waals surface area contributed by atoms with Gasteiger partial charge in [-0.1, -0.05) is 0 Å². The van der Waals surface area contributed by atoms with Gasteiger partial charge in [0.2, 0.25) is 5.91 Å². The first-order chi connectivity index (χ1) is 6.20. The Morgan fingerprint density at radius 2 is 1.92 bits per heavy atom. The van der Waals surface area contributed by atoms with Crippen molar-refractivity contribution in [3.8, 4) is 0 Å². The van der Waals surface area contributed by atoms with Gasteiger partial charge in [-0.3, -0.25) is 4.79 Å². The van der Waals surface area contributed by atoms with Crippen LogP contribution in [0.25, 0.3) is 0 Å². The van der Waals surface area contributed by atoms with Crippen LogP contribution in [-0.2, 0) is 14.4 Å². The van der Waals surface area contributed by atoms with E-state index in [1.807, 2.05) is 0 Å². The van der Waals surface area contributed by atoms with E-state index in [1.165, 1.54) is 0 Å². The van der Waals surface area contributed by atoms with Crippen LogP contribution in [0.5, 0.6) is 0 Å². The topological polar surface area (TPSA) is 67.4 Å². The van der Waals surface area contributed by atoms with Crippen LogP contribution in [0.2, 0.25) is 0 Å². The summed E-state index contributed by atoms with van der Waals surface area (Å²) in [6, 6.07) is 0. The van der Waals surface area contributed by atoms with Crippen LogP contribution in [0.4, 0.5) is 0 Å². The molecule has 1 amide bonds. The fourth-order valence-corrected chi connectivity index (χ4v) is 0.554. The van der Waals surface area contributed by atoms with E-state index in [2.05, 4.69) is 15.6 Å². The third-order valence-electron chi connectivity index (χ3n) is 1.04. The average Bonchev–Trinajstić information content (AvgIpc) is 2.12. The molecule has 0 radical (unpaired) electrons. The molecule has 74 valence electrons. The maximum Gasteiger partial charge on any atom is 0.349 e. The third-order valence-corrected chi connectivity index (χ3v) is 1.04. The van der Waals surface area contributed by atoms with Crippen molar-refractivity contribution in [2.45, 2.75) is 13.8 Å². The summed E-state index contributed by atoms with van der Waals surface area (Å²) in [5.74, 6) is -0.899. The lowest BCUT2D eigenvalue weighted by molar-refractivity contribution is -0.144. The van der Waals surface area contributed by atoms with Crippen molar-refractivity contribution in [3.63, 3.8) is 0 Å². The fourth-order valence-electron chi connectivity index (χ4n) is 0.554. The summed E-state index contributed by atoms with van der Waals surface area (Å²) in [6.07, 6.45) is 2.19. The van der Waals surface area contributed by atoms with E-state index >= 15 is 0 Å². The summed E-state index contributed by atoms with van der Waals surface area (Å²) in [7, 11) is 0. The number of hydroxylamine groups is 1. The standard InChI is InChI=1S/C8H14N2O3/c1-3-9-7(11)5-6-8(12)13-10-4-2/h5-6,10H,3-4H2,1-2H3,(H,9,11)/b6-5-. The lowest BCUT2D eigenvalue weighted by atomic mass is 10.4. The highest BCUT2D eigenvalue weighted by molar-refractivity contribution is 5.94. The quantitative estimate of drug-likeness (QED) is 0.459. The molecule has 0 aliphatic rings. The fraction of sp³-hybridized carbons (Fsp3) is 0.500. The van der Waals surface area contributed by atoms with Crippen molar-refractivity contribution >= 4 is 11.9 Å².